The quantitative estimate of drug-likeness (QED) is 0.750. The van der Waals surface area contributed by atoms with Crippen molar-refractivity contribution in [2.45, 2.75) is 0 Å². The summed E-state index contributed by atoms with van der Waals surface area (Å²) < 4.78 is 6.72. The number of benzene rings is 1. The number of piperazine rings is 1. The Hall–Kier alpha value is -2.05. The zero-order valence-electron chi connectivity index (χ0n) is 12.3. The number of aromatic nitrogens is 1. The highest BCUT2D eigenvalue weighted by Crippen LogP contribution is 2.37. The van der Waals surface area contributed by atoms with Gasteiger partial charge in [0, 0.05) is 54.7 Å². The molecule has 1 fully saturated rings. The predicted molar refractivity (Wildman–Crippen MR) is 88.8 cm³/mol. The number of hydrogen-bond donors (Lipinski definition) is 1. The first kappa shape index (κ1) is 13.6. The largest absolute Gasteiger partial charge is 0.415 e. The molecule has 1 aliphatic rings. The molecule has 3 heterocycles. The van der Waals surface area contributed by atoms with Crippen LogP contribution in [-0.2, 0) is 0 Å². The maximum atomic E-state index is 12.4. The highest BCUT2D eigenvalue weighted by atomic mass is 32.1. The topological polar surface area (TPSA) is 48.6 Å². The van der Waals surface area contributed by atoms with Gasteiger partial charge in [-0.15, -0.1) is 11.3 Å². The van der Waals surface area contributed by atoms with E-state index in [0.29, 0.717) is 18.8 Å². The number of amides is 1. The lowest BCUT2D eigenvalue weighted by Gasteiger charge is -2.31. The molecule has 0 atom stereocenters. The number of hydrogen-bond acceptors (Lipinski definition) is 4. The van der Waals surface area contributed by atoms with Crippen LogP contribution in [0, 0.1) is 0 Å². The Labute approximate surface area is 132 Å². The summed E-state index contributed by atoms with van der Waals surface area (Å²) in [5.74, 6) is 0.642. The molecule has 114 valence electrons. The maximum absolute atomic E-state index is 12.4. The Balaban J connectivity index is 1.65. The normalized spacial score (nSPS) is 16.5. The number of nitrogens with zero attached hydrogens (tertiary/aromatic N) is 2. The standard InChI is InChI=1S/C16H17N3O2S/c1-18-5-7-19(8-6-18)16(20)21-14-10-13-11(2-4-17-13)12-3-9-22-15(12)14/h2-4,9-10,17H,5-8H2,1H3. The first-order valence-electron chi connectivity index (χ1n) is 7.35. The van der Waals surface area contributed by atoms with E-state index < -0.39 is 0 Å². The van der Waals surface area contributed by atoms with Gasteiger partial charge in [-0.05, 0) is 24.6 Å². The van der Waals surface area contributed by atoms with Crippen LogP contribution in [0.15, 0.2) is 29.8 Å². The summed E-state index contributed by atoms with van der Waals surface area (Å²) in [6, 6.07) is 6.04. The van der Waals surface area contributed by atoms with E-state index in [9.17, 15) is 4.79 Å². The Morgan fingerprint density at radius 2 is 2.05 bits per heavy atom. The van der Waals surface area contributed by atoms with Gasteiger partial charge in [0.1, 0.15) is 0 Å². The number of ether oxygens (including phenoxy) is 1. The van der Waals surface area contributed by atoms with Gasteiger partial charge in [0.25, 0.3) is 0 Å². The number of rotatable bonds is 1. The fourth-order valence-electron chi connectivity index (χ4n) is 2.87. The number of H-pyrrole nitrogens is 1. The first-order chi connectivity index (χ1) is 10.7. The summed E-state index contributed by atoms with van der Waals surface area (Å²) in [4.78, 5) is 19.6. The second-order valence-electron chi connectivity index (χ2n) is 5.64. The molecule has 4 rings (SSSR count). The molecule has 5 nitrogen and oxygen atoms in total. The summed E-state index contributed by atoms with van der Waals surface area (Å²) in [5, 5.41) is 4.32. The molecule has 0 unspecified atom stereocenters. The first-order valence-corrected chi connectivity index (χ1v) is 8.23. The van der Waals surface area contributed by atoms with E-state index in [1.54, 1.807) is 16.2 Å². The summed E-state index contributed by atoms with van der Waals surface area (Å²) in [6.07, 6.45) is 1.65. The fourth-order valence-corrected chi connectivity index (χ4v) is 3.73. The summed E-state index contributed by atoms with van der Waals surface area (Å²) in [7, 11) is 2.07. The Morgan fingerprint density at radius 3 is 2.86 bits per heavy atom. The molecular formula is C16H17N3O2S. The van der Waals surface area contributed by atoms with Crippen molar-refractivity contribution >= 4 is 38.4 Å². The molecule has 1 amide bonds. The minimum Gasteiger partial charge on any atom is -0.409 e. The number of fused-ring (bicyclic) bond motifs is 3. The average molecular weight is 315 g/mol. The molecule has 1 N–H and O–H groups in total. The minimum absolute atomic E-state index is 0.256. The number of carbonyl (C=O) groups excluding carboxylic acids is 1. The van der Waals surface area contributed by atoms with Gasteiger partial charge in [-0.1, -0.05) is 0 Å². The van der Waals surface area contributed by atoms with E-state index in [-0.39, 0.29) is 6.09 Å². The van der Waals surface area contributed by atoms with Gasteiger partial charge in [0.2, 0.25) is 0 Å². The second-order valence-corrected chi connectivity index (χ2v) is 6.55. The van der Waals surface area contributed by atoms with Crippen molar-refractivity contribution in [3.05, 3.63) is 29.8 Å². The van der Waals surface area contributed by atoms with Crippen LogP contribution < -0.4 is 4.74 Å². The highest BCUT2D eigenvalue weighted by molar-refractivity contribution is 7.17. The van der Waals surface area contributed by atoms with Crippen LogP contribution in [0.3, 0.4) is 0 Å². The second kappa shape index (κ2) is 5.30. The van der Waals surface area contributed by atoms with Crippen LogP contribution in [0.5, 0.6) is 5.75 Å². The number of carbonyl (C=O) groups is 1. The molecule has 0 radical (unpaired) electrons. The maximum Gasteiger partial charge on any atom is 0.415 e. The third-order valence-corrected chi connectivity index (χ3v) is 5.12. The predicted octanol–water partition coefficient (Wildman–Crippen LogP) is 3.13. The van der Waals surface area contributed by atoms with E-state index in [4.69, 9.17) is 4.74 Å². The summed E-state index contributed by atoms with van der Waals surface area (Å²) in [6.45, 7) is 3.21. The molecule has 6 heteroatoms. The molecule has 0 aliphatic carbocycles. The van der Waals surface area contributed by atoms with Gasteiger partial charge < -0.3 is 19.5 Å². The SMILES string of the molecule is CN1CCN(C(=O)Oc2cc3[nH]ccc3c3ccsc23)CC1. The van der Waals surface area contributed by atoms with Gasteiger partial charge in [-0.25, -0.2) is 4.79 Å². The Morgan fingerprint density at radius 1 is 1.23 bits per heavy atom. The van der Waals surface area contributed by atoms with Crippen molar-refractivity contribution in [2.75, 3.05) is 33.2 Å². The molecule has 22 heavy (non-hydrogen) atoms. The summed E-state index contributed by atoms with van der Waals surface area (Å²) >= 11 is 1.60. The molecule has 3 aromatic rings. The molecule has 0 spiro atoms. The fraction of sp³-hybridized carbons (Fsp3) is 0.312. The molecule has 0 bridgehead atoms. The number of thiophene rings is 1. The summed E-state index contributed by atoms with van der Waals surface area (Å²) in [5.41, 5.74) is 0.993. The molecule has 1 saturated heterocycles. The zero-order valence-corrected chi connectivity index (χ0v) is 13.2. The molecule has 1 aromatic carbocycles. The van der Waals surface area contributed by atoms with Crippen LogP contribution >= 0.6 is 11.3 Å². The van der Waals surface area contributed by atoms with Crippen molar-refractivity contribution < 1.29 is 9.53 Å². The van der Waals surface area contributed by atoms with E-state index in [2.05, 4.69) is 29.1 Å². The van der Waals surface area contributed by atoms with E-state index in [1.165, 1.54) is 0 Å². The van der Waals surface area contributed by atoms with Crippen LogP contribution in [0.1, 0.15) is 0 Å². The molecule has 1 aliphatic heterocycles. The van der Waals surface area contributed by atoms with Gasteiger partial charge in [-0.2, -0.15) is 0 Å². The van der Waals surface area contributed by atoms with Crippen LogP contribution in [0.2, 0.25) is 0 Å². The third kappa shape index (κ3) is 2.24. The number of likely N-dealkylation sites (N-methyl/N-ethyl adjacent to an activating group) is 1. The van der Waals surface area contributed by atoms with Gasteiger partial charge in [0.15, 0.2) is 5.75 Å². The molecular weight excluding hydrogens is 298 g/mol. The third-order valence-electron chi connectivity index (χ3n) is 4.19. The smallest absolute Gasteiger partial charge is 0.409 e. The van der Waals surface area contributed by atoms with E-state index in [0.717, 1.165) is 34.1 Å². The van der Waals surface area contributed by atoms with Crippen molar-refractivity contribution in [1.82, 2.24) is 14.8 Å². The van der Waals surface area contributed by atoms with E-state index >= 15 is 0 Å². The van der Waals surface area contributed by atoms with Crippen molar-refractivity contribution in [3.63, 3.8) is 0 Å². The monoisotopic (exact) mass is 315 g/mol. The van der Waals surface area contributed by atoms with Crippen molar-refractivity contribution in [1.29, 1.82) is 0 Å². The molecule has 0 saturated carbocycles. The number of nitrogens with one attached hydrogen (secondary N) is 1. The average Bonchev–Trinajstić information content (AvgIpc) is 3.16. The van der Waals surface area contributed by atoms with Crippen molar-refractivity contribution in [3.8, 4) is 5.75 Å². The number of aromatic amines is 1. The van der Waals surface area contributed by atoms with Gasteiger partial charge in [0.05, 0.1) is 4.70 Å². The molecule has 2 aromatic heterocycles. The lowest BCUT2D eigenvalue weighted by molar-refractivity contribution is 0.121. The lowest BCUT2D eigenvalue weighted by Crippen LogP contribution is -2.48. The Kier molecular flexibility index (Phi) is 3.28. The van der Waals surface area contributed by atoms with Crippen molar-refractivity contribution in [2.24, 2.45) is 0 Å². The zero-order chi connectivity index (χ0) is 15.1. The minimum atomic E-state index is -0.256. The Bertz CT molecular complexity index is 830. The van der Waals surface area contributed by atoms with Crippen LogP contribution in [0.4, 0.5) is 4.79 Å². The highest BCUT2D eigenvalue weighted by Gasteiger charge is 2.22. The van der Waals surface area contributed by atoms with Gasteiger partial charge >= 0.3 is 6.09 Å². The lowest BCUT2D eigenvalue weighted by atomic mass is 10.1. The van der Waals surface area contributed by atoms with E-state index in [1.807, 2.05) is 17.6 Å². The van der Waals surface area contributed by atoms with Crippen LogP contribution in [0.25, 0.3) is 21.0 Å². The van der Waals surface area contributed by atoms with Gasteiger partial charge in [-0.3, -0.25) is 0 Å². The van der Waals surface area contributed by atoms with Crippen LogP contribution in [-0.4, -0.2) is 54.1 Å².